The smallest absolute Gasteiger partial charge is 0.251 e. The summed E-state index contributed by atoms with van der Waals surface area (Å²) in [5.74, 6) is -0.0714. The molecule has 3 nitrogen and oxygen atoms in total. The van der Waals surface area contributed by atoms with Gasteiger partial charge in [-0.3, -0.25) is 9.78 Å². The van der Waals surface area contributed by atoms with Crippen LogP contribution in [0, 0.1) is 5.41 Å². The van der Waals surface area contributed by atoms with Crippen LogP contribution in [0.5, 0.6) is 0 Å². The first-order valence-corrected chi connectivity index (χ1v) is 7.82. The van der Waals surface area contributed by atoms with Gasteiger partial charge in [0.25, 0.3) is 5.91 Å². The second-order valence-corrected chi connectivity index (χ2v) is 6.81. The Hall–Kier alpha value is -2.42. The van der Waals surface area contributed by atoms with Crippen molar-refractivity contribution in [2.24, 2.45) is 5.41 Å². The highest BCUT2D eigenvalue weighted by atomic mass is 16.1. The molecule has 0 atom stereocenters. The van der Waals surface area contributed by atoms with Gasteiger partial charge in [-0.25, -0.2) is 0 Å². The Kier molecular flexibility index (Phi) is 5.32. The van der Waals surface area contributed by atoms with Crippen LogP contribution >= 0.6 is 0 Å². The van der Waals surface area contributed by atoms with Crippen LogP contribution in [0.25, 0.3) is 5.57 Å². The standard InChI is InChI=1S/C20H24N2O/c1-15(12-20(2,3)4)17-7-9-18(10-8-17)19(23)22-14-16-6-5-11-21-13-16/h5-13H,14H2,1-4H3,(H,22,23). The average molecular weight is 308 g/mol. The molecule has 0 radical (unpaired) electrons. The summed E-state index contributed by atoms with van der Waals surface area (Å²) in [5, 5.41) is 2.91. The molecule has 120 valence electrons. The van der Waals surface area contributed by atoms with Gasteiger partial charge in [0.2, 0.25) is 0 Å². The molecule has 2 aromatic rings. The molecule has 3 heteroatoms. The summed E-state index contributed by atoms with van der Waals surface area (Å²) >= 11 is 0. The lowest BCUT2D eigenvalue weighted by Gasteiger charge is -2.14. The van der Waals surface area contributed by atoms with Crippen LogP contribution in [0.3, 0.4) is 0 Å². The number of nitrogens with one attached hydrogen (secondary N) is 1. The minimum absolute atomic E-state index is 0.0714. The highest BCUT2D eigenvalue weighted by Crippen LogP contribution is 2.23. The normalized spacial score (nSPS) is 12.1. The van der Waals surface area contributed by atoms with Crippen LogP contribution in [0.1, 0.15) is 49.2 Å². The molecule has 0 bridgehead atoms. The van der Waals surface area contributed by atoms with E-state index in [1.807, 2.05) is 36.4 Å². The Morgan fingerprint density at radius 2 is 1.78 bits per heavy atom. The zero-order chi connectivity index (χ0) is 16.9. The van der Waals surface area contributed by atoms with Crippen molar-refractivity contribution in [3.63, 3.8) is 0 Å². The highest BCUT2D eigenvalue weighted by molar-refractivity contribution is 5.94. The summed E-state index contributed by atoms with van der Waals surface area (Å²) < 4.78 is 0. The van der Waals surface area contributed by atoms with Crippen LogP contribution in [-0.4, -0.2) is 10.9 Å². The molecule has 2 rings (SSSR count). The van der Waals surface area contributed by atoms with Gasteiger partial charge >= 0.3 is 0 Å². The molecule has 0 spiro atoms. The van der Waals surface area contributed by atoms with Crippen LogP contribution < -0.4 is 5.32 Å². The number of carbonyl (C=O) groups excluding carboxylic acids is 1. The van der Waals surface area contributed by atoms with E-state index in [-0.39, 0.29) is 11.3 Å². The van der Waals surface area contributed by atoms with Crippen molar-refractivity contribution in [1.82, 2.24) is 10.3 Å². The van der Waals surface area contributed by atoms with Crippen LogP contribution in [0.15, 0.2) is 54.9 Å². The maximum atomic E-state index is 12.2. The molecular formula is C20H24N2O. The van der Waals surface area contributed by atoms with Gasteiger partial charge < -0.3 is 5.32 Å². The second kappa shape index (κ2) is 7.23. The lowest BCUT2D eigenvalue weighted by molar-refractivity contribution is 0.0951. The largest absolute Gasteiger partial charge is 0.348 e. The zero-order valence-electron chi connectivity index (χ0n) is 14.3. The van der Waals surface area contributed by atoms with Gasteiger partial charge in [0.1, 0.15) is 0 Å². The molecule has 0 saturated carbocycles. The molecule has 0 saturated heterocycles. The first kappa shape index (κ1) is 16.9. The highest BCUT2D eigenvalue weighted by Gasteiger charge is 2.09. The quantitative estimate of drug-likeness (QED) is 0.906. The molecular weight excluding hydrogens is 284 g/mol. The molecule has 0 aliphatic heterocycles. The molecule has 0 unspecified atom stereocenters. The lowest BCUT2D eigenvalue weighted by atomic mass is 9.91. The minimum Gasteiger partial charge on any atom is -0.348 e. The third kappa shape index (κ3) is 5.37. The van der Waals surface area contributed by atoms with E-state index in [1.54, 1.807) is 12.4 Å². The molecule has 1 amide bonds. The van der Waals surface area contributed by atoms with E-state index >= 15 is 0 Å². The van der Waals surface area contributed by atoms with Gasteiger partial charge in [0.05, 0.1) is 0 Å². The summed E-state index contributed by atoms with van der Waals surface area (Å²) in [7, 11) is 0. The molecule has 1 heterocycles. The molecule has 23 heavy (non-hydrogen) atoms. The first-order valence-electron chi connectivity index (χ1n) is 7.82. The molecule has 0 aliphatic rings. The summed E-state index contributed by atoms with van der Waals surface area (Å²) in [6.45, 7) is 9.12. The summed E-state index contributed by atoms with van der Waals surface area (Å²) in [5.41, 5.74) is 4.16. The molecule has 0 fully saturated rings. The lowest BCUT2D eigenvalue weighted by Crippen LogP contribution is -2.22. The van der Waals surface area contributed by atoms with Gasteiger partial charge in [-0.1, -0.05) is 45.0 Å². The third-order valence-electron chi connectivity index (χ3n) is 3.43. The van der Waals surface area contributed by atoms with Crippen molar-refractivity contribution >= 4 is 11.5 Å². The molecule has 1 aromatic heterocycles. The fourth-order valence-electron chi connectivity index (χ4n) is 2.40. The average Bonchev–Trinajstić information content (AvgIpc) is 2.52. The van der Waals surface area contributed by atoms with Gasteiger partial charge in [-0.2, -0.15) is 0 Å². The van der Waals surface area contributed by atoms with Crippen molar-refractivity contribution in [1.29, 1.82) is 0 Å². The number of pyridine rings is 1. The number of rotatable bonds is 4. The van der Waals surface area contributed by atoms with Gasteiger partial charge in [-0.05, 0) is 47.2 Å². The Bertz CT molecular complexity index is 680. The Morgan fingerprint density at radius 3 is 2.35 bits per heavy atom. The molecule has 1 N–H and O–H groups in total. The maximum Gasteiger partial charge on any atom is 0.251 e. The predicted molar refractivity (Wildman–Crippen MR) is 95.0 cm³/mol. The fraction of sp³-hybridized carbons (Fsp3) is 0.300. The zero-order valence-corrected chi connectivity index (χ0v) is 14.3. The van der Waals surface area contributed by atoms with Gasteiger partial charge in [0, 0.05) is 24.5 Å². The van der Waals surface area contributed by atoms with E-state index in [9.17, 15) is 4.79 Å². The van der Waals surface area contributed by atoms with Gasteiger partial charge in [0.15, 0.2) is 0 Å². The number of benzene rings is 1. The molecule has 0 aliphatic carbocycles. The summed E-state index contributed by atoms with van der Waals surface area (Å²) in [6, 6.07) is 11.5. The van der Waals surface area contributed by atoms with Crippen LogP contribution in [-0.2, 0) is 6.54 Å². The summed E-state index contributed by atoms with van der Waals surface area (Å²) in [4.78, 5) is 16.2. The van der Waals surface area contributed by atoms with Crippen molar-refractivity contribution in [3.05, 3.63) is 71.6 Å². The van der Waals surface area contributed by atoms with Crippen molar-refractivity contribution in [3.8, 4) is 0 Å². The third-order valence-corrected chi connectivity index (χ3v) is 3.43. The Labute approximate surface area is 138 Å². The number of nitrogens with zero attached hydrogens (tertiary/aromatic N) is 1. The topological polar surface area (TPSA) is 42.0 Å². The van der Waals surface area contributed by atoms with E-state index in [4.69, 9.17) is 0 Å². The van der Waals surface area contributed by atoms with Gasteiger partial charge in [-0.15, -0.1) is 0 Å². The number of hydrogen-bond acceptors (Lipinski definition) is 2. The Morgan fingerprint density at radius 1 is 1.13 bits per heavy atom. The predicted octanol–water partition coefficient (Wildman–Crippen LogP) is 4.46. The van der Waals surface area contributed by atoms with E-state index in [0.717, 1.165) is 11.1 Å². The Balaban J connectivity index is 2.02. The monoisotopic (exact) mass is 308 g/mol. The minimum atomic E-state index is -0.0714. The van der Waals surface area contributed by atoms with E-state index in [1.165, 1.54) is 5.57 Å². The number of amides is 1. The number of carbonyl (C=O) groups is 1. The number of hydrogen-bond donors (Lipinski definition) is 1. The first-order chi connectivity index (χ1) is 10.8. The van der Waals surface area contributed by atoms with Crippen molar-refractivity contribution in [2.45, 2.75) is 34.2 Å². The molecule has 1 aromatic carbocycles. The van der Waals surface area contributed by atoms with Crippen molar-refractivity contribution in [2.75, 3.05) is 0 Å². The number of aromatic nitrogens is 1. The van der Waals surface area contributed by atoms with E-state index in [0.29, 0.717) is 12.1 Å². The maximum absolute atomic E-state index is 12.2. The van der Waals surface area contributed by atoms with Crippen molar-refractivity contribution < 1.29 is 4.79 Å². The van der Waals surface area contributed by atoms with Crippen LogP contribution in [0.2, 0.25) is 0 Å². The summed E-state index contributed by atoms with van der Waals surface area (Å²) in [6.07, 6.45) is 5.71. The number of allylic oxidation sites excluding steroid dienone is 2. The van der Waals surface area contributed by atoms with E-state index < -0.39 is 0 Å². The second-order valence-electron chi connectivity index (χ2n) is 6.81. The van der Waals surface area contributed by atoms with E-state index in [2.05, 4.69) is 44.1 Å². The SMILES string of the molecule is CC(=CC(C)(C)C)c1ccc(C(=O)NCc2cccnc2)cc1. The van der Waals surface area contributed by atoms with Crippen LogP contribution in [0.4, 0.5) is 0 Å². The fourth-order valence-corrected chi connectivity index (χ4v) is 2.40.